The Morgan fingerprint density at radius 2 is 2.00 bits per heavy atom. The molecule has 106 valence electrons. The van der Waals surface area contributed by atoms with Crippen LogP contribution in [0.5, 0.6) is 0 Å². The lowest BCUT2D eigenvalue weighted by Gasteiger charge is -2.18. The maximum absolute atomic E-state index is 14.1. The maximum atomic E-state index is 14.1. The first-order valence-corrected chi connectivity index (χ1v) is 6.55. The fraction of sp³-hybridized carbons (Fsp3) is 0.200. The lowest BCUT2D eigenvalue weighted by atomic mass is 9.97. The zero-order valence-electron chi connectivity index (χ0n) is 11.0. The van der Waals surface area contributed by atoms with Gasteiger partial charge in [-0.25, -0.2) is 8.78 Å². The fourth-order valence-electron chi connectivity index (χ4n) is 2.10. The summed E-state index contributed by atoms with van der Waals surface area (Å²) in [7, 11) is 0. The lowest BCUT2D eigenvalue weighted by molar-refractivity contribution is 0.506. The van der Waals surface area contributed by atoms with Crippen LogP contribution in [0.4, 0.5) is 8.78 Å². The minimum absolute atomic E-state index is 0.0627. The van der Waals surface area contributed by atoms with Crippen molar-refractivity contribution in [3.63, 3.8) is 0 Å². The third-order valence-electron chi connectivity index (χ3n) is 3.22. The van der Waals surface area contributed by atoms with Crippen molar-refractivity contribution in [3.8, 4) is 0 Å². The molecule has 0 amide bonds. The second-order valence-electron chi connectivity index (χ2n) is 4.65. The molecule has 2 rings (SSSR count). The molecule has 0 aliphatic rings. The molecule has 0 bridgehead atoms. The molecule has 0 saturated heterocycles. The van der Waals surface area contributed by atoms with Crippen LogP contribution in [0.1, 0.15) is 22.7 Å². The van der Waals surface area contributed by atoms with E-state index in [-0.39, 0.29) is 10.8 Å². The molecule has 1 unspecified atom stereocenters. The summed E-state index contributed by atoms with van der Waals surface area (Å²) in [5.74, 6) is 4.71. The third-order valence-corrected chi connectivity index (χ3v) is 3.53. The molecule has 0 fully saturated rings. The van der Waals surface area contributed by atoms with E-state index in [1.807, 2.05) is 0 Å². The van der Waals surface area contributed by atoms with Crippen LogP contribution >= 0.6 is 11.6 Å². The molecule has 1 atom stereocenters. The fourth-order valence-corrected chi connectivity index (χ4v) is 2.22. The smallest absolute Gasteiger partial charge is 0.142 e. The van der Waals surface area contributed by atoms with Crippen LogP contribution in [0.2, 0.25) is 5.02 Å². The quantitative estimate of drug-likeness (QED) is 0.667. The predicted molar refractivity (Wildman–Crippen MR) is 76.3 cm³/mol. The van der Waals surface area contributed by atoms with E-state index >= 15 is 0 Å². The SMILES string of the molecule is Cc1cccc(C(Cc2ccc(Cl)c(F)c2)NN)c1F. The van der Waals surface area contributed by atoms with Gasteiger partial charge in [0.15, 0.2) is 0 Å². The van der Waals surface area contributed by atoms with Crippen molar-refractivity contribution < 1.29 is 8.78 Å². The van der Waals surface area contributed by atoms with E-state index in [0.29, 0.717) is 23.1 Å². The Labute approximate surface area is 121 Å². The van der Waals surface area contributed by atoms with Crippen molar-refractivity contribution in [2.45, 2.75) is 19.4 Å². The molecule has 0 aliphatic carbocycles. The van der Waals surface area contributed by atoms with Crippen LogP contribution in [0.3, 0.4) is 0 Å². The third kappa shape index (κ3) is 3.15. The van der Waals surface area contributed by atoms with Crippen molar-refractivity contribution in [2.75, 3.05) is 0 Å². The van der Waals surface area contributed by atoms with Gasteiger partial charge in [-0.3, -0.25) is 11.3 Å². The molecule has 0 saturated carbocycles. The van der Waals surface area contributed by atoms with Crippen LogP contribution < -0.4 is 11.3 Å². The van der Waals surface area contributed by atoms with E-state index < -0.39 is 11.9 Å². The Balaban J connectivity index is 2.28. The standard InChI is InChI=1S/C15H15ClF2N2/c1-9-3-2-4-11(15(9)18)14(20-19)8-10-5-6-12(16)13(17)7-10/h2-7,14,20H,8,19H2,1H3. The van der Waals surface area contributed by atoms with E-state index in [2.05, 4.69) is 5.43 Å². The molecular formula is C15H15ClF2N2. The van der Waals surface area contributed by atoms with Crippen LogP contribution in [-0.2, 0) is 6.42 Å². The Bertz CT molecular complexity index is 617. The van der Waals surface area contributed by atoms with Gasteiger partial charge < -0.3 is 0 Å². The summed E-state index contributed by atoms with van der Waals surface area (Å²) in [6, 6.07) is 9.19. The van der Waals surface area contributed by atoms with E-state index in [1.54, 1.807) is 31.2 Å². The van der Waals surface area contributed by atoms with Gasteiger partial charge in [0, 0.05) is 5.56 Å². The highest BCUT2D eigenvalue weighted by Gasteiger charge is 2.16. The monoisotopic (exact) mass is 296 g/mol. The summed E-state index contributed by atoms with van der Waals surface area (Å²) in [5, 5.41) is 0.0627. The molecule has 2 aromatic rings. The first-order valence-electron chi connectivity index (χ1n) is 6.18. The number of nitrogens with one attached hydrogen (secondary N) is 1. The minimum Gasteiger partial charge on any atom is -0.271 e. The van der Waals surface area contributed by atoms with Gasteiger partial charge >= 0.3 is 0 Å². The number of hydrogen-bond donors (Lipinski definition) is 2. The average molecular weight is 297 g/mol. The topological polar surface area (TPSA) is 38.0 Å². The van der Waals surface area contributed by atoms with Crippen molar-refractivity contribution in [2.24, 2.45) is 5.84 Å². The number of hydrazine groups is 1. The molecule has 0 aliphatic heterocycles. The number of nitrogens with two attached hydrogens (primary N) is 1. The maximum Gasteiger partial charge on any atom is 0.142 e. The second kappa shape index (κ2) is 6.31. The first kappa shape index (κ1) is 14.9. The molecular weight excluding hydrogens is 282 g/mol. The summed E-state index contributed by atoms with van der Waals surface area (Å²) in [6.07, 6.45) is 0.366. The molecule has 0 radical (unpaired) electrons. The van der Waals surface area contributed by atoms with E-state index in [4.69, 9.17) is 17.4 Å². The van der Waals surface area contributed by atoms with Crippen LogP contribution in [-0.4, -0.2) is 0 Å². The summed E-state index contributed by atoms with van der Waals surface area (Å²) in [6.45, 7) is 1.69. The van der Waals surface area contributed by atoms with Crippen molar-refractivity contribution in [1.29, 1.82) is 0 Å². The lowest BCUT2D eigenvalue weighted by Crippen LogP contribution is -2.30. The highest BCUT2D eigenvalue weighted by Crippen LogP contribution is 2.24. The Kier molecular flexibility index (Phi) is 4.70. The highest BCUT2D eigenvalue weighted by molar-refractivity contribution is 6.30. The average Bonchev–Trinajstić information content (AvgIpc) is 2.43. The van der Waals surface area contributed by atoms with Crippen LogP contribution in [0, 0.1) is 18.6 Å². The van der Waals surface area contributed by atoms with Gasteiger partial charge in [0.05, 0.1) is 11.1 Å². The molecule has 5 heteroatoms. The largest absolute Gasteiger partial charge is 0.271 e. The Morgan fingerprint density at radius 1 is 1.25 bits per heavy atom. The normalized spacial score (nSPS) is 12.4. The Hall–Kier alpha value is -1.49. The van der Waals surface area contributed by atoms with Gasteiger partial charge in [-0.05, 0) is 36.6 Å². The number of hydrogen-bond acceptors (Lipinski definition) is 2. The summed E-state index contributed by atoms with van der Waals surface area (Å²) >= 11 is 5.64. The minimum atomic E-state index is -0.496. The van der Waals surface area contributed by atoms with Gasteiger partial charge in [0.1, 0.15) is 11.6 Å². The molecule has 0 heterocycles. The van der Waals surface area contributed by atoms with E-state index in [0.717, 1.165) is 0 Å². The van der Waals surface area contributed by atoms with Crippen molar-refractivity contribution in [3.05, 3.63) is 69.7 Å². The molecule has 0 spiro atoms. The van der Waals surface area contributed by atoms with Gasteiger partial charge in [0.25, 0.3) is 0 Å². The van der Waals surface area contributed by atoms with E-state index in [1.165, 1.54) is 12.1 Å². The summed E-state index contributed by atoms with van der Waals surface area (Å²) in [5.41, 5.74) is 4.27. The second-order valence-corrected chi connectivity index (χ2v) is 5.06. The van der Waals surface area contributed by atoms with Crippen molar-refractivity contribution in [1.82, 2.24) is 5.43 Å². The zero-order valence-corrected chi connectivity index (χ0v) is 11.7. The predicted octanol–water partition coefficient (Wildman–Crippen LogP) is 3.67. The number of rotatable bonds is 4. The van der Waals surface area contributed by atoms with Gasteiger partial charge in [0.2, 0.25) is 0 Å². The molecule has 20 heavy (non-hydrogen) atoms. The molecule has 2 aromatic carbocycles. The van der Waals surface area contributed by atoms with Crippen LogP contribution in [0.25, 0.3) is 0 Å². The highest BCUT2D eigenvalue weighted by atomic mass is 35.5. The summed E-state index contributed by atoms with van der Waals surface area (Å²) < 4.78 is 27.5. The van der Waals surface area contributed by atoms with Gasteiger partial charge in [-0.1, -0.05) is 35.9 Å². The molecule has 3 N–H and O–H groups in total. The number of aryl methyl sites for hydroxylation is 1. The first-order chi connectivity index (χ1) is 9.52. The zero-order chi connectivity index (χ0) is 14.7. The molecule has 0 aromatic heterocycles. The number of halogens is 3. The van der Waals surface area contributed by atoms with Gasteiger partial charge in [-0.2, -0.15) is 0 Å². The Morgan fingerprint density at radius 3 is 2.65 bits per heavy atom. The van der Waals surface area contributed by atoms with Crippen molar-refractivity contribution >= 4 is 11.6 Å². The van der Waals surface area contributed by atoms with Crippen LogP contribution in [0.15, 0.2) is 36.4 Å². The van der Waals surface area contributed by atoms with E-state index in [9.17, 15) is 8.78 Å². The molecule has 2 nitrogen and oxygen atoms in total. The van der Waals surface area contributed by atoms with Gasteiger partial charge in [-0.15, -0.1) is 0 Å². The number of benzene rings is 2. The summed E-state index contributed by atoms with van der Waals surface area (Å²) in [4.78, 5) is 0.